The second-order valence-corrected chi connectivity index (χ2v) is 16.9. The minimum Gasteiger partial charge on any atom is -0.497 e. The third kappa shape index (κ3) is 13.9. The molecule has 0 fully saturated rings. The molecule has 2 aromatic heterocycles. The predicted molar refractivity (Wildman–Crippen MR) is 218 cm³/mol. The van der Waals surface area contributed by atoms with Crippen LogP contribution in [0.5, 0.6) is 23.0 Å². The van der Waals surface area contributed by atoms with Crippen LogP contribution in [0.2, 0.25) is 0 Å². The molecule has 0 spiro atoms. The lowest BCUT2D eigenvalue weighted by molar-refractivity contribution is 0.396. The van der Waals surface area contributed by atoms with Gasteiger partial charge < -0.3 is 33.4 Å². The van der Waals surface area contributed by atoms with E-state index in [4.69, 9.17) is 29.6 Å². The summed E-state index contributed by atoms with van der Waals surface area (Å²) < 4.78 is 72.6. The normalized spacial score (nSPS) is 11.2. The summed E-state index contributed by atoms with van der Waals surface area (Å²) in [5.74, 6) is 3.22. The largest absolute Gasteiger partial charge is 0.497 e. The van der Waals surface area contributed by atoms with Crippen LogP contribution in [0.1, 0.15) is 22.3 Å². The molecule has 57 heavy (non-hydrogen) atoms. The second kappa shape index (κ2) is 21.2. The van der Waals surface area contributed by atoms with Crippen molar-refractivity contribution in [3.05, 3.63) is 144 Å². The molecule has 0 unspecified atom stereocenters. The lowest BCUT2D eigenvalue weighted by Crippen LogP contribution is -2.30. The Balaban J connectivity index is 0.000000213. The number of aryl methyl sites for hydroxylation is 2. The first-order chi connectivity index (χ1) is 27.2. The highest BCUT2D eigenvalue weighted by Crippen LogP contribution is 2.23. The Morgan fingerprint density at radius 2 is 0.860 bits per heavy atom. The number of methoxy groups -OCH3 is 4. The van der Waals surface area contributed by atoms with Crippen LogP contribution in [0, 0.1) is 0 Å². The van der Waals surface area contributed by atoms with E-state index in [1.165, 1.54) is 45.0 Å². The van der Waals surface area contributed by atoms with Gasteiger partial charge in [-0.05, 0) is 70.8 Å². The van der Waals surface area contributed by atoms with Crippen LogP contribution in [0.25, 0.3) is 0 Å². The SMILES string of the molecule is COc1ccc(CN(Cc2ccc(OC)cc2)S(=O)(=O)c2cn(C)cn2)cc1.COc1ccc(CNCc2ccc(OC)cc2)cc1.Cn1cnc(S(=O)(=O)Cl)c1. The summed E-state index contributed by atoms with van der Waals surface area (Å²) in [5, 5.41) is 3.32. The van der Waals surface area contributed by atoms with Gasteiger partial charge in [0.25, 0.3) is 19.1 Å². The van der Waals surface area contributed by atoms with Crippen molar-refractivity contribution in [3.8, 4) is 23.0 Å². The van der Waals surface area contributed by atoms with Crippen LogP contribution < -0.4 is 24.3 Å². The van der Waals surface area contributed by atoms with Crippen molar-refractivity contribution in [2.45, 2.75) is 36.2 Å². The van der Waals surface area contributed by atoms with Crippen LogP contribution in [0.4, 0.5) is 0 Å². The molecule has 0 bridgehead atoms. The fraction of sp³-hybridized carbons (Fsp3) is 0.250. The molecule has 304 valence electrons. The van der Waals surface area contributed by atoms with Gasteiger partial charge >= 0.3 is 0 Å². The zero-order valence-electron chi connectivity index (χ0n) is 32.6. The number of nitrogens with one attached hydrogen (secondary N) is 1. The number of imidazole rings is 2. The zero-order valence-corrected chi connectivity index (χ0v) is 35.0. The Bertz CT molecular complexity index is 2240. The number of hydrogen-bond acceptors (Lipinski definition) is 11. The van der Waals surface area contributed by atoms with Crippen molar-refractivity contribution in [2.24, 2.45) is 14.1 Å². The van der Waals surface area contributed by atoms with Gasteiger partial charge in [-0.3, -0.25) is 0 Å². The van der Waals surface area contributed by atoms with E-state index >= 15 is 0 Å². The Kier molecular flexibility index (Phi) is 16.5. The topological polar surface area (TPSA) is 156 Å². The molecule has 4 aromatic carbocycles. The van der Waals surface area contributed by atoms with E-state index in [1.807, 2.05) is 72.8 Å². The Morgan fingerprint density at radius 1 is 0.544 bits per heavy atom. The number of rotatable bonds is 15. The van der Waals surface area contributed by atoms with Crippen LogP contribution in [-0.4, -0.2) is 68.7 Å². The molecule has 0 aliphatic rings. The van der Waals surface area contributed by atoms with E-state index in [0.717, 1.165) is 47.2 Å². The molecule has 6 rings (SSSR count). The van der Waals surface area contributed by atoms with Crippen molar-refractivity contribution in [3.63, 3.8) is 0 Å². The van der Waals surface area contributed by atoms with Crippen molar-refractivity contribution < 1.29 is 35.8 Å². The Morgan fingerprint density at radius 3 is 1.12 bits per heavy atom. The van der Waals surface area contributed by atoms with Gasteiger partial charge in [0.05, 0.1) is 41.1 Å². The van der Waals surface area contributed by atoms with Crippen molar-refractivity contribution in [1.82, 2.24) is 28.7 Å². The first kappa shape index (κ1) is 44.3. The van der Waals surface area contributed by atoms with Gasteiger partial charge in [-0.25, -0.2) is 26.8 Å². The summed E-state index contributed by atoms with van der Waals surface area (Å²) in [5.41, 5.74) is 4.20. The second-order valence-electron chi connectivity index (χ2n) is 12.5. The van der Waals surface area contributed by atoms with Gasteiger partial charge in [-0.15, -0.1) is 0 Å². The Labute approximate surface area is 339 Å². The summed E-state index contributed by atoms with van der Waals surface area (Å²) in [6.45, 7) is 2.12. The molecular formula is C40H47ClN6O8S2. The van der Waals surface area contributed by atoms with Crippen LogP contribution in [0.3, 0.4) is 0 Å². The summed E-state index contributed by atoms with van der Waals surface area (Å²) in [7, 11) is 7.50. The molecule has 2 heterocycles. The number of nitrogens with zero attached hydrogens (tertiary/aromatic N) is 5. The summed E-state index contributed by atoms with van der Waals surface area (Å²) in [6, 6.07) is 30.9. The monoisotopic (exact) mass is 838 g/mol. The lowest BCUT2D eigenvalue weighted by Gasteiger charge is -2.21. The summed E-state index contributed by atoms with van der Waals surface area (Å²) in [6.07, 6.45) is 5.69. The molecule has 0 radical (unpaired) electrons. The number of aromatic nitrogens is 4. The third-order valence-electron chi connectivity index (χ3n) is 8.23. The maximum absolute atomic E-state index is 13.2. The van der Waals surface area contributed by atoms with E-state index < -0.39 is 19.1 Å². The summed E-state index contributed by atoms with van der Waals surface area (Å²) >= 11 is 0. The van der Waals surface area contributed by atoms with Crippen molar-refractivity contribution in [1.29, 1.82) is 0 Å². The van der Waals surface area contributed by atoms with Gasteiger partial charge in [0.1, 0.15) is 23.0 Å². The van der Waals surface area contributed by atoms with Gasteiger partial charge in [0.2, 0.25) is 0 Å². The minimum atomic E-state index is -3.77. The molecule has 0 amide bonds. The fourth-order valence-electron chi connectivity index (χ4n) is 5.10. The maximum Gasteiger partial charge on any atom is 0.280 e. The zero-order chi connectivity index (χ0) is 41.4. The predicted octanol–water partition coefficient (Wildman–Crippen LogP) is 6.17. The van der Waals surface area contributed by atoms with E-state index in [1.54, 1.807) is 47.1 Å². The minimum absolute atomic E-state index is 0.0250. The van der Waals surface area contributed by atoms with Gasteiger partial charge in [0, 0.05) is 63.4 Å². The first-order valence-electron chi connectivity index (χ1n) is 17.4. The van der Waals surface area contributed by atoms with Gasteiger partial charge in [-0.2, -0.15) is 4.31 Å². The number of ether oxygens (including phenoxy) is 4. The van der Waals surface area contributed by atoms with Crippen LogP contribution in [-0.2, 0) is 59.3 Å². The standard InChI is InChI=1S/C20H23N3O4S.C16H19NO2.C4H5ClN2O2S/c1-22-14-20(21-15-22)28(24,25)23(12-16-4-8-18(26-2)9-5-16)13-17-6-10-19(27-3)11-7-17;1-18-15-7-3-13(4-8-15)11-17-12-14-5-9-16(19-2)10-6-14;1-7-2-4(6-3-7)10(5,8)9/h4-11,14-15H,12-13H2,1-3H3;3-10,17H,11-12H2,1-2H3;2-3H,1H3. The molecule has 0 aliphatic carbocycles. The van der Waals surface area contributed by atoms with Gasteiger partial charge in [0.15, 0.2) is 10.1 Å². The van der Waals surface area contributed by atoms with Crippen LogP contribution in [0.15, 0.2) is 132 Å². The molecular weight excluding hydrogens is 792 g/mol. The van der Waals surface area contributed by atoms with E-state index in [9.17, 15) is 16.8 Å². The molecule has 0 atom stereocenters. The molecule has 0 aliphatic heterocycles. The number of hydrogen-bond donors (Lipinski definition) is 1. The van der Waals surface area contributed by atoms with E-state index in [-0.39, 0.29) is 23.1 Å². The van der Waals surface area contributed by atoms with E-state index in [0.29, 0.717) is 0 Å². The molecule has 17 heteroatoms. The van der Waals surface area contributed by atoms with Crippen molar-refractivity contribution in [2.75, 3.05) is 28.4 Å². The lowest BCUT2D eigenvalue weighted by atomic mass is 10.2. The average molecular weight is 839 g/mol. The quantitative estimate of drug-likeness (QED) is 0.118. The molecule has 14 nitrogen and oxygen atoms in total. The molecule has 1 N–H and O–H groups in total. The highest BCUT2D eigenvalue weighted by molar-refractivity contribution is 8.13. The molecule has 0 saturated carbocycles. The maximum atomic E-state index is 13.2. The Hall–Kier alpha value is -5.39. The van der Waals surface area contributed by atoms with Gasteiger partial charge in [-0.1, -0.05) is 48.5 Å². The number of sulfonamides is 1. The third-order valence-corrected chi connectivity index (χ3v) is 11.1. The molecule has 6 aromatic rings. The number of benzene rings is 4. The summed E-state index contributed by atoms with van der Waals surface area (Å²) in [4.78, 5) is 7.57. The highest BCUT2D eigenvalue weighted by atomic mass is 35.7. The first-order valence-corrected chi connectivity index (χ1v) is 21.1. The van der Waals surface area contributed by atoms with Crippen LogP contribution >= 0.6 is 10.7 Å². The van der Waals surface area contributed by atoms with Crippen molar-refractivity contribution >= 4 is 29.8 Å². The number of halogens is 1. The van der Waals surface area contributed by atoms with E-state index in [2.05, 4.69) is 39.6 Å². The smallest absolute Gasteiger partial charge is 0.280 e. The average Bonchev–Trinajstić information content (AvgIpc) is 3.88. The fourth-order valence-corrected chi connectivity index (χ4v) is 7.19. The molecule has 0 saturated heterocycles. The highest BCUT2D eigenvalue weighted by Gasteiger charge is 2.27.